The molecule has 0 bridgehead atoms. The van der Waals surface area contributed by atoms with Crippen LogP contribution >= 0.6 is 0 Å². The van der Waals surface area contributed by atoms with Gasteiger partial charge in [-0.2, -0.15) is 0 Å². The number of sulfone groups is 1. The Morgan fingerprint density at radius 3 is 1.93 bits per heavy atom. The molecule has 1 saturated carbocycles. The van der Waals surface area contributed by atoms with Crippen molar-refractivity contribution in [2.24, 2.45) is 11.8 Å². The predicted molar refractivity (Wildman–Crippen MR) is 59.0 cm³/mol. The molecule has 0 saturated heterocycles. The van der Waals surface area contributed by atoms with Crippen molar-refractivity contribution in [3.8, 4) is 0 Å². The van der Waals surface area contributed by atoms with Gasteiger partial charge >= 0.3 is 0 Å². The van der Waals surface area contributed by atoms with Crippen LogP contribution in [0.25, 0.3) is 0 Å². The largest absolute Gasteiger partial charge is 0.400 e. The fraction of sp³-hybridized carbons (Fsp3) is 1.00. The first-order chi connectivity index (χ1) is 6.57. The van der Waals surface area contributed by atoms with E-state index in [0.29, 0.717) is 17.4 Å². The summed E-state index contributed by atoms with van der Waals surface area (Å²) in [6.07, 6.45) is 3.48. The molecule has 0 atom stereocenters. The van der Waals surface area contributed by atoms with Gasteiger partial charge in [-0.1, -0.05) is 20.3 Å². The van der Waals surface area contributed by atoms with Crippen molar-refractivity contribution in [3.05, 3.63) is 0 Å². The van der Waals surface area contributed by atoms with E-state index in [2.05, 4.69) is 6.92 Å². The van der Waals surface area contributed by atoms with Crippen LogP contribution in [-0.4, -0.2) is 32.1 Å². The van der Waals surface area contributed by atoms with Crippen molar-refractivity contribution in [2.75, 3.05) is 18.6 Å². The van der Waals surface area contributed by atoms with Gasteiger partial charge in [0.2, 0.25) is 0 Å². The van der Waals surface area contributed by atoms with Crippen LogP contribution in [0, 0.1) is 11.8 Å². The number of hydrogen-bond donors (Lipinski definition) is 1. The molecule has 1 fully saturated rings. The van der Waals surface area contributed by atoms with E-state index in [1.54, 1.807) is 6.92 Å². The molecule has 0 amide bonds. The van der Waals surface area contributed by atoms with E-state index in [1.807, 2.05) is 0 Å². The van der Waals surface area contributed by atoms with E-state index in [0.717, 1.165) is 25.9 Å². The van der Waals surface area contributed by atoms with Gasteiger partial charge in [-0.3, -0.25) is 0 Å². The smallest absolute Gasteiger partial charge is 0.150 e. The van der Waals surface area contributed by atoms with Crippen LogP contribution in [0.3, 0.4) is 0 Å². The Labute approximate surface area is 105 Å². The molecule has 0 aromatic carbocycles. The summed E-state index contributed by atoms with van der Waals surface area (Å²) in [4.78, 5) is 0. The molecule has 1 aliphatic carbocycles. The van der Waals surface area contributed by atoms with Gasteiger partial charge in [0.15, 0.2) is 0 Å². The third-order valence-corrected chi connectivity index (χ3v) is 4.70. The van der Waals surface area contributed by atoms with Crippen molar-refractivity contribution in [1.82, 2.24) is 0 Å². The molecule has 0 spiro atoms. The van der Waals surface area contributed by atoms with E-state index in [-0.39, 0.29) is 18.6 Å². The van der Waals surface area contributed by atoms with E-state index < -0.39 is 9.84 Å². The Morgan fingerprint density at radius 2 is 1.60 bits per heavy atom. The van der Waals surface area contributed by atoms with Gasteiger partial charge in [0, 0.05) is 31.4 Å². The molecule has 1 aliphatic rings. The maximum absolute atomic E-state index is 11.2. The van der Waals surface area contributed by atoms with Crippen molar-refractivity contribution < 1.29 is 32.1 Å². The summed E-state index contributed by atoms with van der Waals surface area (Å²) >= 11 is 0. The third kappa shape index (κ3) is 6.62. The van der Waals surface area contributed by atoms with Gasteiger partial charge in [-0.05, 0) is 24.7 Å². The summed E-state index contributed by atoms with van der Waals surface area (Å²) < 4.78 is 22.4. The minimum Gasteiger partial charge on any atom is -0.400 e. The molecule has 91 valence electrons. The molecule has 0 aliphatic heterocycles. The van der Waals surface area contributed by atoms with Crippen LogP contribution in [0.15, 0.2) is 0 Å². The van der Waals surface area contributed by atoms with E-state index in [1.165, 1.54) is 6.42 Å². The predicted octanol–water partition coefficient (Wildman–Crippen LogP) is 1.46. The van der Waals surface area contributed by atoms with Gasteiger partial charge in [-0.15, -0.1) is 0 Å². The normalized spacial score (nSPS) is 24.3. The Bertz CT molecular complexity index is 233. The fourth-order valence-electron chi connectivity index (χ4n) is 1.82. The van der Waals surface area contributed by atoms with Crippen molar-refractivity contribution in [3.63, 3.8) is 0 Å². The molecule has 15 heavy (non-hydrogen) atoms. The monoisotopic (exact) mass is 273 g/mol. The average Bonchev–Trinajstić information content (AvgIpc) is 2.14. The van der Waals surface area contributed by atoms with Gasteiger partial charge in [0.25, 0.3) is 0 Å². The summed E-state index contributed by atoms with van der Waals surface area (Å²) in [5.41, 5.74) is 0. The van der Waals surface area contributed by atoms with Crippen LogP contribution in [0.5, 0.6) is 0 Å². The van der Waals surface area contributed by atoms with Gasteiger partial charge in [-0.25, -0.2) is 8.42 Å². The van der Waals surface area contributed by atoms with Crippen LogP contribution in [0.1, 0.15) is 33.1 Å². The molecule has 0 unspecified atom stereocenters. The standard InChI is InChI=1S/C9H18O2S.CH4O.V/c1-3-8-5-9(6-8)7-12(10,11)4-2;1-2;/h8-9H,3-7H2,1-2H3;2H,1H3;. The second-order valence-electron chi connectivity index (χ2n) is 3.81. The maximum atomic E-state index is 11.2. The Hall–Kier alpha value is 0.494. The van der Waals surface area contributed by atoms with E-state index in [9.17, 15) is 8.42 Å². The molecule has 0 aromatic rings. The molecule has 5 heteroatoms. The molecular formula is C10H22O3SV. The third-order valence-electron chi connectivity index (χ3n) is 2.84. The summed E-state index contributed by atoms with van der Waals surface area (Å²) in [5, 5.41) is 7.00. The summed E-state index contributed by atoms with van der Waals surface area (Å²) in [6, 6.07) is 0. The second kappa shape index (κ2) is 8.62. The summed E-state index contributed by atoms with van der Waals surface area (Å²) in [7, 11) is -1.71. The molecular weight excluding hydrogens is 251 g/mol. The quantitative estimate of drug-likeness (QED) is 0.843. The SMILES string of the molecule is CCC1CC(CS(=O)(=O)CC)C1.CO.[V]. The number of aliphatic hydroxyl groups is 1. The molecule has 0 aromatic heterocycles. The average molecular weight is 273 g/mol. The number of aliphatic hydroxyl groups excluding tert-OH is 1. The first-order valence-corrected chi connectivity index (χ1v) is 7.04. The van der Waals surface area contributed by atoms with E-state index >= 15 is 0 Å². The van der Waals surface area contributed by atoms with Crippen molar-refractivity contribution >= 4 is 9.84 Å². The first kappa shape index (κ1) is 17.9. The van der Waals surface area contributed by atoms with Gasteiger partial charge in [0.05, 0.1) is 5.75 Å². The molecule has 0 heterocycles. The fourth-order valence-corrected chi connectivity index (χ4v) is 3.05. The summed E-state index contributed by atoms with van der Waals surface area (Å²) in [6.45, 7) is 3.90. The maximum Gasteiger partial charge on any atom is 0.150 e. The number of hydrogen-bond acceptors (Lipinski definition) is 3. The van der Waals surface area contributed by atoms with E-state index in [4.69, 9.17) is 5.11 Å². The van der Waals surface area contributed by atoms with Crippen LogP contribution in [0.2, 0.25) is 0 Å². The van der Waals surface area contributed by atoms with Gasteiger partial charge < -0.3 is 5.11 Å². The zero-order chi connectivity index (χ0) is 11.2. The Balaban J connectivity index is 0. The van der Waals surface area contributed by atoms with Crippen LogP contribution in [0.4, 0.5) is 0 Å². The zero-order valence-electron chi connectivity index (χ0n) is 9.81. The molecule has 1 N–H and O–H groups in total. The summed E-state index contributed by atoms with van der Waals surface area (Å²) in [5.74, 6) is 2.02. The van der Waals surface area contributed by atoms with Crippen molar-refractivity contribution in [1.29, 1.82) is 0 Å². The minimum atomic E-state index is -2.71. The number of rotatable bonds is 4. The Morgan fingerprint density at radius 1 is 1.13 bits per heavy atom. The molecule has 1 rings (SSSR count). The van der Waals surface area contributed by atoms with Crippen LogP contribution < -0.4 is 0 Å². The molecule has 3 nitrogen and oxygen atoms in total. The second-order valence-corrected chi connectivity index (χ2v) is 6.21. The molecule has 1 radical (unpaired) electrons. The zero-order valence-corrected chi connectivity index (χ0v) is 12.0. The van der Waals surface area contributed by atoms with Gasteiger partial charge in [0.1, 0.15) is 9.84 Å². The Kier molecular flexibility index (Phi) is 10.3. The first-order valence-electron chi connectivity index (χ1n) is 5.22. The topological polar surface area (TPSA) is 54.4 Å². The van der Waals surface area contributed by atoms with Crippen LogP contribution in [-0.2, 0) is 28.4 Å². The van der Waals surface area contributed by atoms with Crippen molar-refractivity contribution in [2.45, 2.75) is 33.1 Å². The minimum absolute atomic E-state index is 0.